The molecule has 2 aliphatic rings. The molecule has 7 heterocycles. The predicted molar refractivity (Wildman–Crippen MR) is 529 cm³/mol. The molecular formula is C116H99BN6O. The summed E-state index contributed by atoms with van der Waals surface area (Å²) in [5.41, 5.74) is 20.1. The van der Waals surface area contributed by atoms with Gasteiger partial charge in [-0.3, -0.25) is 0 Å². The first kappa shape index (κ1) is 59.8. The Bertz CT molecular complexity index is 8830. The van der Waals surface area contributed by atoms with Crippen molar-refractivity contribution in [3.8, 4) is 45.0 Å². The van der Waals surface area contributed by atoms with Crippen molar-refractivity contribution in [2.75, 3.05) is 9.80 Å². The molecule has 0 fully saturated rings. The number of aromatic nitrogens is 4. The molecule has 0 radical (unpaired) electrons. The fourth-order valence-electron chi connectivity index (χ4n) is 19.7. The maximum absolute atomic E-state index is 10.3. The zero-order valence-electron chi connectivity index (χ0n) is 88.1. The standard InChI is InChI=1S/C116H99BN6O/c1-112(2,3)74-45-43-71(44-46-74)73-59-72(70-29-17-16-18-30-70)60-81(61-73)121-105-66-79(119-99-55-47-75(113(4,5)6)62-89(99)90-63-76(114(7,8)9)48-56-100(90)119)51-53-93(105)117-94-54-52-80(118-95-37-23-19-31-83(95)84-32-20-24-38-96(84)118)67-106(94)123(108-69-82(68-107(121)109(108)117)120-97-39-25-21-33-85(97)86-34-22-26-40-98(86)120)104-42-28-36-88-87-35-27-41-103(110(87)124-111(88)104)122-101-57-49-77(115(10,11)12)64-91(101)92-65-78(116(13,14)15)50-58-102(92)122/h16-69H,1-15H3/i19D,20D,21D,22D,23D,24D,25D,26D,31D,32D,33D,34D,37D,38D,39D,40D. The van der Waals surface area contributed by atoms with Gasteiger partial charge in [-0.15, -0.1) is 0 Å². The van der Waals surface area contributed by atoms with Crippen molar-refractivity contribution in [3.05, 3.63) is 355 Å². The zero-order chi connectivity index (χ0) is 98.6. The maximum atomic E-state index is 10.3. The minimum atomic E-state index is -0.840. The molecule has 7 nitrogen and oxygen atoms in total. The van der Waals surface area contributed by atoms with E-state index in [1.54, 1.807) is 4.57 Å². The lowest BCUT2D eigenvalue weighted by molar-refractivity contribution is 0.590. The highest BCUT2D eigenvalue weighted by Crippen LogP contribution is 2.53. The normalized spacial score (nSPS) is 15.2. The molecule has 5 aromatic heterocycles. The third-order valence-corrected chi connectivity index (χ3v) is 26.2. The zero-order valence-corrected chi connectivity index (χ0v) is 72.1. The van der Waals surface area contributed by atoms with Gasteiger partial charge in [0.1, 0.15) is 0 Å². The molecule has 21 aromatic rings. The predicted octanol–water partition coefficient (Wildman–Crippen LogP) is 29.9. The molecule has 0 spiro atoms. The summed E-state index contributed by atoms with van der Waals surface area (Å²) in [6.07, 6.45) is 0. The number of hydrogen-bond acceptors (Lipinski definition) is 3. The summed E-state index contributed by atoms with van der Waals surface area (Å²) in [5.74, 6) is 0. The van der Waals surface area contributed by atoms with Crippen molar-refractivity contribution < 1.29 is 26.3 Å². The van der Waals surface area contributed by atoms with Gasteiger partial charge in [-0.2, -0.15) is 0 Å². The molecule has 0 N–H and O–H groups in total. The van der Waals surface area contributed by atoms with Crippen LogP contribution in [0.25, 0.3) is 154 Å². The molecule has 0 amide bonds. The Kier molecular flexibility index (Phi) is 12.9. The molecule has 8 heteroatoms. The van der Waals surface area contributed by atoms with Crippen LogP contribution in [0.1, 0.15) is 154 Å². The number of hydrogen-bond donors (Lipinski definition) is 0. The highest BCUT2D eigenvalue weighted by Gasteiger charge is 2.46. The summed E-state index contributed by atoms with van der Waals surface area (Å²) in [6.45, 7) is 32.5. The van der Waals surface area contributed by atoms with Gasteiger partial charge in [0, 0.05) is 93.7 Å². The molecule has 0 saturated carbocycles. The van der Waals surface area contributed by atoms with E-state index < -0.39 is 103 Å². The summed E-state index contributed by atoms with van der Waals surface area (Å²) in [6, 6.07) is 72.2. The van der Waals surface area contributed by atoms with Crippen molar-refractivity contribution >= 4 is 166 Å². The molecular weight excluding hydrogens is 1500 g/mol. The van der Waals surface area contributed by atoms with Crippen molar-refractivity contribution in [1.29, 1.82) is 0 Å². The van der Waals surface area contributed by atoms with Crippen LogP contribution in [0, 0.1) is 0 Å². The Balaban J connectivity index is 0.913. The average molecular weight is 1620 g/mol. The van der Waals surface area contributed by atoms with Gasteiger partial charge in [0.2, 0.25) is 0 Å². The van der Waals surface area contributed by atoms with E-state index in [9.17, 15) is 21.9 Å². The molecule has 0 aliphatic carbocycles. The molecule has 0 unspecified atom stereocenters. The summed E-state index contributed by atoms with van der Waals surface area (Å²) in [5, 5.41) is 5.22. The first-order chi connectivity index (χ1) is 66.3. The molecule has 23 rings (SSSR count). The average Bonchev–Trinajstić information content (AvgIpc) is 1.15. The van der Waals surface area contributed by atoms with E-state index >= 15 is 0 Å². The molecule has 124 heavy (non-hydrogen) atoms. The first-order valence-electron chi connectivity index (χ1n) is 50.8. The van der Waals surface area contributed by atoms with Crippen molar-refractivity contribution in [2.24, 2.45) is 0 Å². The Morgan fingerprint density at radius 3 is 1.02 bits per heavy atom. The topological polar surface area (TPSA) is 39.3 Å². The summed E-state index contributed by atoms with van der Waals surface area (Å²) in [4.78, 5) is 4.38. The molecule has 0 bridgehead atoms. The number of anilines is 6. The van der Waals surface area contributed by atoms with Gasteiger partial charge in [-0.05, 0) is 233 Å². The second-order valence-corrected chi connectivity index (χ2v) is 39.0. The van der Waals surface area contributed by atoms with E-state index in [2.05, 4.69) is 281 Å². The number of benzene rings is 16. The minimum absolute atomic E-state index is 0.102. The second-order valence-electron chi connectivity index (χ2n) is 39.0. The lowest BCUT2D eigenvalue weighted by atomic mass is 9.33. The van der Waals surface area contributed by atoms with Gasteiger partial charge in [0.15, 0.2) is 11.2 Å². The summed E-state index contributed by atoms with van der Waals surface area (Å²) < 4.78 is 171. The minimum Gasteiger partial charge on any atom is -0.452 e. The van der Waals surface area contributed by atoms with E-state index in [0.29, 0.717) is 61.6 Å². The van der Waals surface area contributed by atoms with E-state index in [0.717, 1.165) is 105 Å². The van der Waals surface area contributed by atoms with Gasteiger partial charge in [-0.1, -0.05) is 292 Å². The van der Waals surface area contributed by atoms with Crippen LogP contribution < -0.4 is 26.2 Å². The van der Waals surface area contributed by atoms with Gasteiger partial charge >= 0.3 is 0 Å². The van der Waals surface area contributed by atoms with Crippen LogP contribution in [0.15, 0.2) is 332 Å². The Morgan fingerprint density at radius 1 is 0.234 bits per heavy atom. The van der Waals surface area contributed by atoms with Gasteiger partial charge in [0.25, 0.3) is 6.71 Å². The van der Waals surface area contributed by atoms with Crippen molar-refractivity contribution in [2.45, 2.75) is 131 Å². The third-order valence-electron chi connectivity index (χ3n) is 26.2. The summed E-state index contributed by atoms with van der Waals surface area (Å²) >= 11 is 0. The van der Waals surface area contributed by atoms with E-state index in [4.69, 9.17) is 4.42 Å². The largest absolute Gasteiger partial charge is 0.452 e. The van der Waals surface area contributed by atoms with Crippen LogP contribution in [0.4, 0.5) is 34.1 Å². The van der Waals surface area contributed by atoms with Crippen molar-refractivity contribution in [1.82, 2.24) is 18.3 Å². The fourth-order valence-corrected chi connectivity index (χ4v) is 19.7. The number of nitrogens with zero attached hydrogens (tertiary/aromatic N) is 6. The van der Waals surface area contributed by atoms with E-state index in [1.807, 2.05) is 72.8 Å². The lowest BCUT2D eigenvalue weighted by Crippen LogP contribution is -2.61. The van der Waals surface area contributed by atoms with Crippen LogP contribution in [-0.4, -0.2) is 25.0 Å². The molecule has 0 atom stereocenters. The van der Waals surface area contributed by atoms with E-state index in [1.165, 1.54) is 15.7 Å². The Morgan fingerprint density at radius 2 is 0.589 bits per heavy atom. The first-order valence-corrected chi connectivity index (χ1v) is 42.8. The number of rotatable bonds is 8. The number of para-hydroxylation sites is 6. The van der Waals surface area contributed by atoms with Crippen LogP contribution >= 0.6 is 0 Å². The van der Waals surface area contributed by atoms with Crippen LogP contribution in [-0.2, 0) is 27.1 Å². The smallest absolute Gasteiger partial charge is 0.252 e. The van der Waals surface area contributed by atoms with Gasteiger partial charge in [0.05, 0.1) is 83.1 Å². The van der Waals surface area contributed by atoms with Crippen LogP contribution in [0.5, 0.6) is 0 Å². The number of fused-ring (bicyclic) bond motifs is 19. The quantitative estimate of drug-likeness (QED) is 0.142. The fraction of sp³-hybridized carbons (Fsp3) is 0.172. The Labute approximate surface area is 747 Å². The summed E-state index contributed by atoms with van der Waals surface area (Å²) in [7, 11) is 0. The molecule has 16 aromatic carbocycles. The molecule has 602 valence electrons. The van der Waals surface area contributed by atoms with Crippen LogP contribution in [0.2, 0.25) is 0 Å². The highest BCUT2D eigenvalue weighted by molar-refractivity contribution is 7.00. The molecule has 2 aliphatic heterocycles. The van der Waals surface area contributed by atoms with Crippen molar-refractivity contribution in [3.63, 3.8) is 0 Å². The van der Waals surface area contributed by atoms with Crippen LogP contribution in [0.3, 0.4) is 0 Å². The van der Waals surface area contributed by atoms with Gasteiger partial charge in [-0.25, -0.2) is 0 Å². The number of furan rings is 1. The van der Waals surface area contributed by atoms with Gasteiger partial charge < -0.3 is 32.5 Å². The van der Waals surface area contributed by atoms with E-state index in [-0.39, 0.29) is 82.1 Å². The SMILES string of the molecule is [2H]c1c([2H])c([2H])c2c(c1[2H])c1c([2H])c([2H])c([2H])c([2H])c1n2-c1ccc2c(c1)N(c1cccc3c1oc1c(-n4c5ccc(C(C)(C)C)cc5c5cc(C(C)(C)C)ccc54)cccc13)c1cc(-n3c4c([2H])c([2H])c([2H])c([2H])c4c4c([2H])c([2H])c([2H])c([2H])c43)cc3c1B2c1ccc(-n2c4ccc(C(C)(C)C)cc4c4cc(C(C)(C)C)ccc42)cc1N3c1cc(-c2ccccc2)cc(-c2ccc(C(C)(C)C)cc2)c1. The lowest BCUT2D eigenvalue weighted by Gasteiger charge is -2.44. The maximum Gasteiger partial charge on any atom is 0.252 e. The molecule has 0 saturated heterocycles. The monoisotopic (exact) mass is 1620 g/mol. The highest BCUT2D eigenvalue weighted by atomic mass is 16.3. The Hall–Kier alpha value is -13.8. The third kappa shape index (κ3) is 11.5. The second kappa shape index (κ2) is 26.8.